The van der Waals surface area contributed by atoms with Crippen LogP contribution in [0.5, 0.6) is 0 Å². The minimum atomic E-state index is -0.0372. The quantitative estimate of drug-likeness (QED) is 0.907. The molecule has 0 saturated heterocycles. The molecule has 1 aromatic heterocycles. The first-order valence-corrected chi connectivity index (χ1v) is 7.83. The Bertz CT molecular complexity index is 424. The summed E-state index contributed by atoms with van der Waals surface area (Å²) in [5.74, 6) is 1.43. The van der Waals surface area contributed by atoms with E-state index in [1.807, 2.05) is 0 Å². The average molecular weight is 263 g/mol. The van der Waals surface area contributed by atoms with E-state index in [1.54, 1.807) is 0 Å². The van der Waals surface area contributed by atoms with Crippen LogP contribution in [0, 0.1) is 11.8 Å². The van der Waals surface area contributed by atoms with Gasteiger partial charge in [0.15, 0.2) is 0 Å². The van der Waals surface area contributed by atoms with Gasteiger partial charge in [0, 0.05) is 24.2 Å². The lowest BCUT2D eigenvalue weighted by molar-refractivity contribution is 0.161. The molecule has 1 fully saturated rings. The van der Waals surface area contributed by atoms with Crippen LogP contribution in [0.25, 0.3) is 0 Å². The second-order valence-corrected chi connectivity index (χ2v) is 6.49. The second-order valence-electron chi connectivity index (χ2n) is 6.49. The first-order valence-electron chi connectivity index (χ1n) is 7.83. The molecule has 1 saturated carbocycles. The fraction of sp³-hybridized carbons (Fsp3) is 0.812. The van der Waals surface area contributed by atoms with Gasteiger partial charge in [0.25, 0.3) is 0 Å². The molecule has 2 rings (SSSR count). The van der Waals surface area contributed by atoms with Gasteiger partial charge in [-0.05, 0) is 50.5 Å². The Balaban J connectivity index is 2.17. The molecule has 3 atom stereocenters. The number of hydrogen-bond acceptors (Lipinski definition) is 2. The molecule has 2 N–H and O–H groups in total. The molecule has 1 aliphatic carbocycles. The summed E-state index contributed by atoms with van der Waals surface area (Å²) >= 11 is 0. The number of hydrogen-bond donors (Lipinski definition) is 1. The third-order valence-corrected chi connectivity index (χ3v) is 4.93. The van der Waals surface area contributed by atoms with Gasteiger partial charge in [0.1, 0.15) is 0 Å². The van der Waals surface area contributed by atoms with Gasteiger partial charge in [0.2, 0.25) is 0 Å². The van der Waals surface area contributed by atoms with E-state index in [1.165, 1.54) is 24.2 Å². The van der Waals surface area contributed by atoms with Crippen LogP contribution < -0.4 is 5.73 Å². The smallest absolute Gasteiger partial charge is 0.0624 e. The zero-order valence-corrected chi connectivity index (χ0v) is 12.9. The topological polar surface area (TPSA) is 43.8 Å². The van der Waals surface area contributed by atoms with E-state index < -0.39 is 0 Å². The maximum Gasteiger partial charge on any atom is 0.0624 e. The first kappa shape index (κ1) is 14.6. The van der Waals surface area contributed by atoms with E-state index in [0.29, 0.717) is 5.92 Å². The molecular formula is C16H29N3. The van der Waals surface area contributed by atoms with Crippen LogP contribution in [-0.2, 0) is 19.4 Å². The van der Waals surface area contributed by atoms with Crippen molar-refractivity contribution < 1.29 is 0 Å². The van der Waals surface area contributed by atoms with Crippen LogP contribution in [0.2, 0.25) is 0 Å². The van der Waals surface area contributed by atoms with Gasteiger partial charge < -0.3 is 5.73 Å². The maximum atomic E-state index is 6.73. The molecule has 0 bridgehead atoms. The standard InChI is InChI=1S/C16H29N3/c1-5-14-10-15(19(6-2)18-14)11-16(17)8-7-12(3)9-13(16)4/h10,12-13H,5-9,11,17H2,1-4H3. The molecule has 0 aromatic carbocycles. The molecule has 1 aliphatic rings. The van der Waals surface area contributed by atoms with Crippen molar-refractivity contribution in [1.82, 2.24) is 9.78 Å². The van der Waals surface area contributed by atoms with E-state index in [2.05, 4.69) is 43.5 Å². The Morgan fingerprint density at radius 2 is 2.16 bits per heavy atom. The van der Waals surface area contributed by atoms with Crippen molar-refractivity contribution in [3.05, 3.63) is 17.5 Å². The summed E-state index contributed by atoms with van der Waals surface area (Å²) < 4.78 is 2.14. The van der Waals surface area contributed by atoms with Crippen molar-refractivity contribution in [2.75, 3.05) is 0 Å². The van der Waals surface area contributed by atoms with Crippen LogP contribution in [0.1, 0.15) is 58.3 Å². The molecule has 0 aliphatic heterocycles. The molecule has 0 amide bonds. The Hall–Kier alpha value is -0.830. The van der Waals surface area contributed by atoms with Gasteiger partial charge in [-0.2, -0.15) is 5.10 Å². The molecule has 1 heterocycles. The van der Waals surface area contributed by atoms with Crippen LogP contribution >= 0.6 is 0 Å². The van der Waals surface area contributed by atoms with E-state index in [9.17, 15) is 0 Å². The molecule has 3 heteroatoms. The summed E-state index contributed by atoms with van der Waals surface area (Å²) in [6.07, 6.45) is 5.65. The van der Waals surface area contributed by atoms with Gasteiger partial charge in [-0.1, -0.05) is 20.8 Å². The highest BCUT2D eigenvalue weighted by molar-refractivity contribution is 5.15. The zero-order valence-electron chi connectivity index (χ0n) is 12.9. The largest absolute Gasteiger partial charge is 0.325 e. The molecule has 19 heavy (non-hydrogen) atoms. The predicted octanol–water partition coefficient (Wildman–Crippen LogP) is 3.16. The van der Waals surface area contributed by atoms with Crippen LogP contribution in [-0.4, -0.2) is 15.3 Å². The number of aryl methyl sites for hydroxylation is 2. The van der Waals surface area contributed by atoms with Crippen molar-refractivity contribution in [1.29, 1.82) is 0 Å². The summed E-state index contributed by atoms with van der Waals surface area (Å²) in [4.78, 5) is 0. The highest BCUT2D eigenvalue weighted by Crippen LogP contribution is 2.37. The van der Waals surface area contributed by atoms with E-state index >= 15 is 0 Å². The second kappa shape index (κ2) is 5.66. The van der Waals surface area contributed by atoms with E-state index in [-0.39, 0.29) is 5.54 Å². The van der Waals surface area contributed by atoms with Gasteiger partial charge in [-0.25, -0.2) is 0 Å². The predicted molar refractivity (Wildman–Crippen MR) is 80.1 cm³/mol. The fourth-order valence-corrected chi connectivity index (χ4v) is 3.42. The molecule has 0 spiro atoms. The molecule has 108 valence electrons. The summed E-state index contributed by atoms with van der Waals surface area (Å²) in [5.41, 5.74) is 9.21. The lowest BCUT2D eigenvalue weighted by Crippen LogP contribution is -2.51. The van der Waals surface area contributed by atoms with E-state index in [0.717, 1.165) is 31.7 Å². The Morgan fingerprint density at radius 3 is 2.74 bits per heavy atom. The van der Waals surface area contributed by atoms with Gasteiger partial charge in [-0.3, -0.25) is 4.68 Å². The molecule has 3 nitrogen and oxygen atoms in total. The monoisotopic (exact) mass is 263 g/mol. The number of rotatable bonds is 4. The molecular weight excluding hydrogens is 234 g/mol. The summed E-state index contributed by atoms with van der Waals surface area (Å²) in [6, 6.07) is 2.25. The minimum Gasteiger partial charge on any atom is -0.325 e. The average Bonchev–Trinajstić information content (AvgIpc) is 2.77. The highest BCUT2D eigenvalue weighted by atomic mass is 15.3. The molecule has 0 radical (unpaired) electrons. The van der Waals surface area contributed by atoms with Crippen molar-refractivity contribution in [3.63, 3.8) is 0 Å². The lowest BCUT2D eigenvalue weighted by Gasteiger charge is -2.42. The van der Waals surface area contributed by atoms with Crippen molar-refractivity contribution >= 4 is 0 Å². The SMILES string of the molecule is CCc1cc(CC2(N)CCC(C)CC2C)n(CC)n1. The lowest BCUT2D eigenvalue weighted by atomic mass is 9.68. The summed E-state index contributed by atoms with van der Waals surface area (Å²) in [6.45, 7) is 9.93. The van der Waals surface area contributed by atoms with Crippen molar-refractivity contribution in [2.24, 2.45) is 17.6 Å². The Morgan fingerprint density at radius 1 is 1.42 bits per heavy atom. The van der Waals surface area contributed by atoms with Crippen LogP contribution in [0.3, 0.4) is 0 Å². The summed E-state index contributed by atoms with van der Waals surface area (Å²) in [5, 5.41) is 4.64. The van der Waals surface area contributed by atoms with E-state index in [4.69, 9.17) is 5.73 Å². The number of aromatic nitrogens is 2. The number of nitrogens with zero attached hydrogens (tertiary/aromatic N) is 2. The number of nitrogens with two attached hydrogens (primary N) is 1. The van der Waals surface area contributed by atoms with Gasteiger partial charge >= 0.3 is 0 Å². The van der Waals surface area contributed by atoms with Gasteiger partial charge in [0.05, 0.1) is 5.69 Å². The third-order valence-electron chi connectivity index (χ3n) is 4.93. The molecule has 1 aromatic rings. The van der Waals surface area contributed by atoms with Crippen LogP contribution in [0.4, 0.5) is 0 Å². The maximum absolute atomic E-state index is 6.73. The Kier molecular flexibility index (Phi) is 4.34. The van der Waals surface area contributed by atoms with Crippen molar-refractivity contribution in [2.45, 2.75) is 71.9 Å². The fourth-order valence-electron chi connectivity index (χ4n) is 3.42. The normalized spacial score (nSPS) is 31.6. The highest BCUT2D eigenvalue weighted by Gasteiger charge is 2.37. The minimum absolute atomic E-state index is 0.0372. The van der Waals surface area contributed by atoms with Crippen molar-refractivity contribution in [3.8, 4) is 0 Å². The molecule has 3 unspecified atom stereocenters. The van der Waals surface area contributed by atoms with Crippen LogP contribution in [0.15, 0.2) is 6.07 Å². The first-order chi connectivity index (χ1) is 8.98. The van der Waals surface area contributed by atoms with Gasteiger partial charge in [-0.15, -0.1) is 0 Å². The third kappa shape index (κ3) is 3.02. The Labute approximate surface area is 117 Å². The summed E-state index contributed by atoms with van der Waals surface area (Å²) in [7, 11) is 0. The zero-order chi connectivity index (χ0) is 14.0.